The molecule has 0 aromatic heterocycles. The molecule has 0 saturated heterocycles. The second-order valence-corrected chi connectivity index (χ2v) is 3.97. The van der Waals surface area contributed by atoms with Crippen molar-refractivity contribution in [2.45, 2.75) is 26.3 Å². The number of nitrogens with one attached hydrogen (secondary N) is 1. The van der Waals surface area contributed by atoms with Crippen molar-refractivity contribution in [2.75, 3.05) is 19.0 Å². The Bertz CT molecular complexity index is 382. The van der Waals surface area contributed by atoms with Crippen LogP contribution in [0.3, 0.4) is 0 Å². The highest BCUT2D eigenvalue weighted by atomic mass is 16.5. The molecule has 1 aromatic carbocycles. The van der Waals surface area contributed by atoms with Gasteiger partial charge < -0.3 is 10.1 Å². The Balaban J connectivity index is 2.69. The molecule has 0 aliphatic carbocycles. The molecular weight excluding hydrogens is 200 g/mol. The SMILES string of the molecule is COCCC(C)Nc1cc(C#N)ccc1C. The fourth-order valence-corrected chi connectivity index (χ4v) is 1.48. The summed E-state index contributed by atoms with van der Waals surface area (Å²) in [6.07, 6.45) is 0.951. The molecule has 1 rings (SSSR count). The van der Waals surface area contributed by atoms with Crippen LogP contribution in [0.2, 0.25) is 0 Å². The summed E-state index contributed by atoms with van der Waals surface area (Å²) in [6, 6.07) is 8.17. The van der Waals surface area contributed by atoms with Gasteiger partial charge in [-0.15, -0.1) is 0 Å². The number of methoxy groups -OCH3 is 1. The van der Waals surface area contributed by atoms with Crippen molar-refractivity contribution in [3.05, 3.63) is 29.3 Å². The third-order valence-electron chi connectivity index (χ3n) is 2.52. The minimum absolute atomic E-state index is 0.340. The van der Waals surface area contributed by atoms with Crippen molar-refractivity contribution in [1.29, 1.82) is 5.26 Å². The third kappa shape index (κ3) is 3.56. The highest BCUT2D eigenvalue weighted by Gasteiger charge is 2.04. The molecule has 0 heterocycles. The summed E-state index contributed by atoms with van der Waals surface area (Å²) in [7, 11) is 1.70. The number of rotatable bonds is 5. The average molecular weight is 218 g/mol. The minimum atomic E-state index is 0.340. The molecule has 1 aromatic rings. The van der Waals surface area contributed by atoms with Crippen molar-refractivity contribution in [2.24, 2.45) is 0 Å². The number of nitriles is 1. The second-order valence-electron chi connectivity index (χ2n) is 3.97. The fraction of sp³-hybridized carbons (Fsp3) is 0.462. The first-order valence-electron chi connectivity index (χ1n) is 5.43. The van der Waals surface area contributed by atoms with Crippen LogP contribution in [0.15, 0.2) is 18.2 Å². The minimum Gasteiger partial charge on any atom is -0.385 e. The normalized spacial score (nSPS) is 11.9. The summed E-state index contributed by atoms with van der Waals surface area (Å²) in [4.78, 5) is 0. The van der Waals surface area contributed by atoms with Crippen molar-refractivity contribution >= 4 is 5.69 Å². The number of nitrogens with zero attached hydrogens (tertiary/aromatic N) is 1. The lowest BCUT2D eigenvalue weighted by atomic mass is 10.1. The van der Waals surface area contributed by atoms with Gasteiger partial charge in [0.25, 0.3) is 0 Å². The van der Waals surface area contributed by atoms with Gasteiger partial charge in [0.05, 0.1) is 11.6 Å². The summed E-state index contributed by atoms with van der Waals surface area (Å²) in [5.41, 5.74) is 2.87. The monoisotopic (exact) mass is 218 g/mol. The Morgan fingerprint density at radius 3 is 2.88 bits per heavy atom. The van der Waals surface area contributed by atoms with Crippen LogP contribution in [0, 0.1) is 18.3 Å². The topological polar surface area (TPSA) is 45.0 Å². The van der Waals surface area contributed by atoms with Gasteiger partial charge in [-0.1, -0.05) is 6.07 Å². The molecule has 3 nitrogen and oxygen atoms in total. The first-order valence-corrected chi connectivity index (χ1v) is 5.43. The molecule has 0 amide bonds. The van der Waals surface area contributed by atoms with Crippen molar-refractivity contribution < 1.29 is 4.74 Å². The number of benzene rings is 1. The molecule has 0 aliphatic rings. The quantitative estimate of drug-likeness (QED) is 0.826. The van der Waals surface area contributed by atoms with E-state index in [2.05, 4.69) is 18.3 Å². The molecule has 0 bridgehead atoms. The van der Waals surface area contributed by atoms with E-state index in [4.69, 9.17) is 10.00 Å². The van der Waals surface area contributed by atoms with Gasteiger partial charge in [0.1, 0.15) is 0 Å². The van der Waals surface area contributed by atoms with E-state index in [1.54, 1.807) is 7.11 Å². The van der Waals surface area contributed by atoms with E-state index < -0.39 is 0 Å². The van der Waals surface area contributed by atoms with Gasteiger partial charge in [0.15, 0.2) is 0 Å². The van der Waals surface area contributed by atoms with Crippen LogP contribution >= 0.6 is 0 Å². The summed E-state index contributed by atoms with van der Waals surface area (Å²) in [5.74, 6) is 0. The van der Waals surface area contributed by atoms with Crippen LogP contribution in [0.4, 0.5) is 5.69 Å². The maximum atomic E-state index is 8.83. The standard InChI is InChI=1S/C13H18N2O/c1-10-4-5-12(9-14)8-13(10)15-11(2)6-7-16-3/h4-5,8,11,15H,6-7H2,1-3H3. The molecule has 86 valence electrons. The molecule has 1 atom stereocenters. The summed E-state index contributed by atoms with van der Waals surface area (Å²) in [5, 5.41) is 12.2. The molecule has 16 heavy (non-hydrogen) atoms. The van der Waals surface area contributed by atoms with Gasteiger partial charge in [-0.3, -0.25) is 0 Å². The summed E-state index contributed by atoms with van der Waals surface area (Å²) in [6.45, 7) is 4.88. The zero-order valence-corrected chi connectivity index (χ0v) is 10.1. The predicted molar refractivity (Wildman–Crippen MR) is 65.5 cm³/mol. The maximum absolute atomic E-state index is 8.83. The predicted octanol–water partition coefficient (Wildman–Crippen LogP) is 2.70. The van der Waals surface area contributed by atoms with E-state index in [1.807, 2.05) is 25.1 Å². The molecule has 0 saturated carbocycles. The average Bonchev–Trinajstić information content (AvgIpc) is 2.29. The summed E-state index contributed by atoms with van der Waals surface area (Å²) >= 11 is 0. The van der Waals surface area contributed by atoms with Gasteiger partial charge in [0.2, 0.25) is 0 Å². The number of hydrogen-bond acceptors (Lipinski definition) is 3. The number of hydrogen-bond donors (Lipinski definition) is 1. The second kappa shape index (κ2) is 6.14. The molecule has 1 unspecified atom stereocenters. The molecule has 3 heteroatoms. The van der Waals surface area contributed by atoms with Crippen molar-refractivity contribution in [3.63, 3.8) is 0 Å². The Labute approximate surface area is 97.0 Å². The smallest absolute Gasteiger partial charge is 0.0992 e. The fourth-order valence-electron chi connectivity index (χ4n) is 1.48. The zero-order chi connectivity index (χ0) is 12.0. The molecule has 0 aliphatic heterocycles. The molecule has 0 radical (unpaired) electrons. The highest BCUT2D eigenvalue weighted by Crippen LogP contribution is 2.18. The van der Waals surface area contributed by atoms with Crippen LogP contribution in [0.1, 0.15) is 24.5 Å². The van der Waals surface area contributed by atoms with Crippen molar-refractivity contribution in [1.82, 2.24) is 0 Å². The lowest BCUT2D eigenvalue weighted by Crippen LogP contribution is -2.17. The first-order chi connectivity index (χ1) is 7.67. The lowest BCUT2D eigenvalue weighted by Gasteiger charge is -2.16. The van der Waals surface area contributed by atoms with Crippen LogP contribution in [0.25, 0.3) is 0 Å². The Morgan fingerprint density at radius 1 is 1.50 bits per heavy atom. The molecular formula is C13H18N2O. The van der Waals surface area contributed by atoms with Crippen molar-refractivity contribution in [3.8, 4) is 6.07 Å². The van der Waals surface area contributed by atoms with E-state index in [9.17, 15) is 0 Å². The van der Waals surface area contributed by atoms with E-state index in [-0.39, 0.29) is 0 Å². The zero-order valence-electron chi connectivity index (χ0n) is 10.1. The lowest BCUT2D eigenvalue weighted by molar-refractivity contribution is 0.191. The Kier molecular flexibility index (Phi) is 4.81. The summed E-state index contributed by atoms with van der Waals surface area (Å²) < 4.78 is 5.03. The van der Waals surface area contributed by atoms with Gasteiger partial charge in [-0.2, -0.15) is 5.26 Å². The molecule has 0 spiro atoms. The van der Waals surface area contributed by atoms with Gasteiger partial charge in [0, 0.05) is 25.4 Å². The van der Waals surface area contributed by atoms with E-state index >= 15 is 0 Å². The van der Waals surface area contributed by atoms with Gasteiger partial charge in [-0.25, -0.2) is 0 Å². The molecule has 1 N–H and O–H groups in total. The number of aryl methyl sites for hydroxylation is 1. The Morgan fingerprint density at radius 2 is 2.25 bits per heavy atom. The van der Waals surface area contributed by atoms with Crippen LogP contribution in [-0.2, 0) is 4.74 Å². The highest BCUT2D eigenvalue weighted by molar-refractivity contribution is 5.55. The largest absolute Gasteiger partial charge is 0.385 e. The van der Waals surface area contributed by atoms with Gasteiger partial charge in [-0.05, 0) is 38.0 Å². The van der Waals surface area contributed by atoms with Crippen LogP contribution in [0.5, 0.6) is 0 Å². The Hall–Kier alpha value is -1.53. The van der Waals surface area contributed by atoms with Crippen LogP contribution < -0.4 is 5.32 Å². The van der Waals surface area contributed by atoms with E-state index in [0.29, 0.717) is 11.6 Å². The first kappa shape index (κ1) is 12.5. The van der Waals surface area contributed by atoms with Gasteiger partial charge >= 0.3 is 0 Å². The van der Waals surface area contributed by atoms with Crippen LogP contribution in [-0.4, -0.2) is 19.8 Å². The van der Waals surface area contributed by atoms with E-state index in [0.717, 1.165) is 24.3 Å². The molecule has 0 fully saturated rings. The number of ether oxygens (including phenoxy) is 1. The third-order valence-corrected chi connectivity index (χ3v) is 2.52. The maximum Gasteiger partial charge on any atom is 0.0992 e. The van der Waals surface area contributed by atoms with E-state index in [1.165, 1.54) is 0 Å². The number of anilines is 1.